The second-order valence-electron chi connectivity index (χ2n) is 5.49. The van der Waals surface area contributed by atoms with E-state index >= 15 is 0 Å². The summed E-state index contributed by atoms with van der Waals surface area (Å²) in [4.78, 5) is 4.02. The molecule has 0 radical (unpaired) electrons. The third-order valence-corrected chi connectivity index (χ3v) is 4.50. The van der Waals surface area contributed by atoms with E-state index in [4.69, 9.17) is 4.74 Å². The highest BCUT2D eigenvalue weighted by molar-refractivity contribution is 14.1. The number of pyridine rings is 1. The third-order valence-electron chi connectivity index (χ3n) is 3.83. The molecule has 0 bridgehead atoms. The van der Waals surface area contributed by atoms with Gasteiger partial charge in [0.25, 0.3) is 0 Å². The molecule has 3 rings (SSSR count). The molecule has 2 N–H and O–H groups in total. The number of hydrogen-bond donors (Lipinski definition) is 2. The fourth-order valence-electron chi connectivity index (χ4n) is 2.63. The topological polar surface area (TPSA) is 54.4 Å². The zero-order chi connectivity index (χ0) is 15.4. The number of aliphatic hydroxyl groups is 1. The van der Waals surface area contributed by atoms with E-state index < -0.39 is 6.10 Å². The number of aromatic nitrogens is 1. The first-order chi connectivity index (χ1) is 10.7. The number of nitrogens with one attached hydrogen (secondary N) is 1. The van der Waals surface area contributed by atoms with Crippen molar-refractivity contribution in [2.75, 3.05) is 13.1 Å². The molecule has 4 nitrogen and oxygen atoms in total. The summed E-state index contributed by atoms with van der Waals surface area (Å²) >= 11 is 2.33. The van der Waals surface area contributed by atoms with Crippen molar-refractivity contribution in [1.29, 1.82) is 0 Å². The van der Waals surface area contributed by atoms with Crippen molar-refractivity contribution in [1.82, 2.24) is 10.3 Å². The number of benzene rings is 1. The lowest BCUT2D eigenvalue weighted by Gasteiger charge is -2.27. The molecule has 1 aromatic heterocycles. The summed E-state index contributed by atoms with van der Waals surface area (Å²) in [6, 6.07) is 10.0. The minimum Gasteiger partial charge on any atom is -0.489 e. The van der Waals surface area contributed by atoms with E-state index in [9.17, 15) is 5.11 Å². The number of aryl methyl sites for hydroxylation is 1. The second kappa shape index (κ2) is 7.39. The standard InChI is InChI=1S/C17H19IN2O2/c18-14-4-6-17-12(8-14)3-5-15(22-17)10-20-11-16(21)13-2-1-7-19-9-13/h1-2,4,6-9,15-16,20-21H,3,5,10-11H2. The molecule has 1 aromatic carbocycles. The first-order valence-electron chi connectivity index (χ1n) is 7.46. The van der Waals surface area contributed by atoms with Gasteiger partial charge in [-0.25, -0.2) is 0 Å². The highest BCUT2D eigenvalue weighted by atomic mass is 127. The Kier molecular flexibility index (Phi) is 5.28. The monoisotopic (exact) mass is 410 g/mol. The van der Waals surface area contributed by atoms with E-state index in [0.717, 1.165) is 30.7 Å². The van der Waals surface area contributed by atoms with Crippen LogP contribution in [0.1, 0.15) is 23.7 Å². The zero-order valence-corrected chi connectivity index (χ0v) is 14.4. The Bertz CT molecular complexity index is 621. The van der Waals surface area contributed by atoms with Gasteiger partial charge in [-0.05, 0) is 65.3 Å². The molecule has 116 valence electrons. The number of fused-ring (bicyclic) bond motifs is 1. The minimum atomic E-state index is -0.536. The van der Waals surface area contributed by atoms with Gasteiger partial charge in [0.1, 0.15) is 11.9 Å². The SMILES string of the molecule is OC(CNCC1CCc2cc(I)ccc2O1)c1cccnc1. The van der Waals surface area contributed by atoms with Gasteiger partial charge in [-0.15, -0.1) is 0 Å². The van der Waals surface area contributed by atoms with Crippen LogP contribution in [-0.2, 0) is 6.42 Å². The van der Waals surface area contributed by atoms with Crippen LogP contribution in [0.25, 0.3) is 0 Å². The summed E-state index contributed by atoms with van der Waals surface area (Å²) in [5.74, 6) is 0.992. The number of ether oxygens (including phenoxy) is 1. The van der Waals surface area contributed by atoms with Gasteiger partial charge in [-0.2, -0.15) is 0 Å². The van der Waals surface area contributed by atoms with E-state index in [1.165, 1.54) is 9.13 Å². The molecule has 2 aromatic rings. The summed E-state index contributed by atoms with van der Waals surface area (Å²) in [5.41, 5.74) is 2.12. The molecular weight excluding hydrogens is 391 g/mol. The molecular formula is C17H19IN2O2. The van der Waals surface area contributed by atoms with Crippen LogP contribution in [0.2, 0.25) is 0 Å². The normalized spacial score (nSPS) is 18.4. The average molecular weight is 410 g/mol. The van der Waals surface area contributed by atoms with Gasteiger partial charge in [0, 0.05) is 34.6 Å². The van der Waals surface area contributed by atoms with Crippen molar-refractivity contribution < 1.29 is 9.84 Å². The van der Waals surface area contributed by atoms with Crippen molar-refractivity contribution >= 4 is 22.6 Å². The summed E-state index contributed by atoms with van der Waals surface area (Å²) in [6.45, 7) is 1.24. The highest BCUT2D eigenvalue weighted by Crippen LogP contribution is 2.28. The Labute approximate surface area is 144 Å². The molecule has 0 saturated heterocycles. The number of nitrogens with zero attached hydrogens (tertiary/aromatic N) is 1. The summed E-state index contributed by atoms with van der Waals surface area (Å²) in [6.07, 6.45) is 5.08. The third kappa shape index (κ3) is 3.97. The molecule has 0 amide bonds. The molecule has 2 atom stereocenters. The largest absolute Gasteiger partial charge is 0.489 e. The number of hydrogen-bond acceptors (Lipinski definition) is 4. The van der Waals surface area contributed by atoms with Crippen LogP contribution in [-0.4, -0.2) is 29.3 Å². The molecule has 5 heteroatoms. The van der Waals surface area contributed by atoms with E-state index in [1.54, 1.807) is 12.4 Å². The Morgan fingerprint density at radius 3 is 3.14 bits per heavy atom. The van der Waals surface area contributed by atoms with Crippen LogP contribution >= 0.6 is 22.6 Å². The number of aliphatic hydroxyl groups excluding tert-OH is 1. The van der Waals surface area contributed by atoms with Gasteiger partial charge in [-0.3, -0.25) is 4.98 Å². The van der Waals surface area contributed by atoms with Gasteiger partial charge in [0.05, 0.1) is 6.10 Å². The van der Waals surface area contributed by atoms with Crippen molar-refractivity contribution in [3.63, 3.8) is 0 Å². The maximum absolute atomic E-state index is 10.1. The first-order valence-corrected chi connectivity index (χ1v) is 8.54. The maximum Gasteiger partial charge on any atom is 0.123 e. The zero-order valence-electron chi connectivity index (χ0n) is 12.2. The highest BCUT2D eigenvalue weighted by Gasteiger charge is 2.20. The van der Waals surface area contributed by atoms with Crippen LogP contribution < -0.4 is 10.1 Å². The Balaban J connectivity index is 1.48. The predicted octanol–water partition coefficient (Wildman–Crippen LogP) is 2.70. The predicted molar refractivity (Wildman–Crippen MR) is 94.0 cm³/mol. The van der Waals surface area contributed by atoms with E-state index in [1.807, 2.05) is 18.2 Å². The van der Waals surface area contributed by atoms with E-state index in [0.29, 0.717) is 6.54 Å². The summed E-state index contributed by atoms with van der Waals surface area (Å²) in [7, 11) is 0. The van der Waals surface area contributed by atoms with Crippen LogP contribution in [0, 0.1) is 3.57 Å². The lowest BCUT2D eigenvalue weighted by Crippen LogP contribution is -2.36. The molecule has 0 spiro atoms. The molecule has 0 aliphatic carbocycles. The van der Waals surface area contributed by atoms with Gasteiger partial charge in [0.2, 0.25) is 0 Å². The lowest BCUT2D eigenvalue weighted by atomic mass is 10.0. The minimum absolute atomic E-state index is 0.161. The Morgan fingerprint density at radius 2 is 2.32 bits per heavy atom. The second-order valence-corrected chi connectivity index (χ2v) is 6.74. The smallest absolute Gasteiger partial charge is 0.123 e. The first kappa shape index (κ1) is 15.7. The van der Waals surface area contributed by atoms with Crippen molar-refractivity contribution in [2.45, 2.75) is 25.0 Å². The maximum atomic E-state index is 10.1. The molecule has 0 saturated carbocycles. The summed E-state index contributed by atoms with van der Waals surface area (Å²) in [5, 5.41) is 13.4. The fraction of sp³-hybridized carbons (Fsp3) is 0.353. The van der Waals surface area contributed by atoms with Crippen LogP contribution in [0.3, 0.4) is 0 Å². The molecule has 2 unspecified atom stereocenters. The van der Waals surface area contributed by atoms with E-state index in [-0.39, 0.29) is 6.10 Å². The summed E-state index contributed by atoms with van der Waals surface area (Å²) < 4.78 is 7.26. The van der Waals surface area contributed by atoms with E-state index in [2.05, 4.69) is 45.0 Å². The molecule has 0 fully saturated rings. The van der Waals surface area contributed by atoms with Crippen LogP contribution in [0.15, 0.2) is 42.7 Å². The van der Waals surface area contributed by atoms with Gasteiger partial charge >= 0.3 is 0 Å². The van der Waals surface area contributed by atoms with Gasteiger partial charge in [0.15, 0.2) is 0 Å². The van der Waals surface area contributed by atoms with Crippen LogP contribution in [0.4, 0.5) is 0 Å². The Morgan fingerprint density at radius 1 is 1.41 bits per heavy atom. The van der Waals surface area contributed by atoms with Crippen molar-refractivity contribution in [3.8, 4) is 5.75 Å². The van der Waals surface area contributed by atoms with Gasteiger partial charge < -0.3 is 15.2 Å². The number of halogens is 1. The van der Waals surface area contributed by atoms with Crippen molar-refractivity contribution in [3.05, 3.63) is 57.4 Å². The average Bonchev–Trinajstić information content (AvgIpc) is 2.55. The van der Waals surface area contributed by atoms with Crippen LogP contribution in [0.5, 0.6) is 5.75 Å². The van der Waals surface area contributed by atoms with Gasteiger partial charge in [-0.1, -0.05) is 6.07 Å². The number of rotatable bonds is 5. The molecule has 22 heavy (non-hydrogen) atoms. The molecule has 2 heterocycles. The molecule has 1 aliphatic rings. The van der Waals surface area contributed by atoms with Crippen molar-refractivity contribution in [2.24, 2.45) is 0 Å². The molecule has 1 aliphatic heterocycles. The lowest BCUT2D eigenvalue weighted by molar-refractivity contribution is 0.146. The fourth-order valence-corrected chi connectivity index (χ4v) is 3.18. The quantitative estimate of drug-likeness (QED) is 0.745. The Hall–Kier alpha value is -1.18.